The van der Waals surface area contributed by atoms with Crippen molar-refractivity contribution in [3.63, 3.8) is 0 Å². The smallest absolute Gasteiger partial charge is 0.348 e. The fourth-order valence-corrected chi connectivity index (χ4v) is 4.49. The lowest BCUT2D eigenvalue weighted by Gasteiger charge is -2.07. The molecule has 2 aromatic heterocycles. The average molecular weight is 452 g/mol. The zero-order valence-electron chi connectivity index (χ0n) is 14.6. The third kappa shape index (κ3) is 3.63. The van der Waals surface area contributed by atoms with Gasteiger partial charge in [0, 0.05) is 26.0 Å². The molecular formula is C20H13Cl3N2O2S. The van der Waals surface area contributed by atoms with E-state index >= 15 is 0 Å². The number of nitrogens with zero attached hydrogens (tertiary/aromatic N) is 2. The van der Waals surface area contributed by atoms with E-state index in [1.165, 1.54) is 11.3 Å². The first-order valence-corrected chi connectivity index (χ1v) is 10.2. The number of aryl methyl sites for hydroxylation is 1. The summed E-state index contributed by atoms with van der Waals surface area (Å²) in [5.74, 6) is -0.431. The van der Waals surface area contributed by atoms with Gasteiger partial charge < -0.3 is 4.74 Å². The van der Waals surface area contributed by atoms with Crippen molar-refractivity contribution in [2.45, 2.75) is 13.5 Å². The molecule has 0 aliphatic rings. The standard InChI is InChI=1S/C20H13Cl3N2O2S/c1-11-14-9-18(20(26)27-10-15-16(22)3-2-4-17(15)23)28-19(14)25(24-11)13-7-5-12(21)6-8-13/h2-9H,10H2,1H3. The van der Waals surface area contributed by atoms with Crippen molar-refractivity contribution < 1.29 is 9.53 Å². The molecule has 2 heterocycles. The summed E-state index contributed by atoms with van der Waals surface area (Å²) in [6.07, 6.45) is 0. The number of benzene rings is 2. The highest BCUT2D eigenvalue weighted by molar-refractivity contribution is 7.20. The number of halogens is 3. The number of thiophene rings is 1. The van der Waals surface area contributed by atoms with Crippen LogP contribution < -0.4 is 0 Å². The first-order valence-electron chi connectivity index (χ1n) is 8.29. The number of hydrogen-bond donors (Lipinski definition) is 0. The van der Waals surface area contributed by atoms with Gasteiger partial charge in [-0.05, 0) is 49.4 Å². The average Bonchev–Trinajstić information content (AvgIpc) is 3.23. The van der Waals surface area contributed by atoms with Crippen LogP contribution >= 0.6 is 46.1 Å². The van der Waals surface area contributed by atoms with Crippen LogP contribution in [0.5, 0.6) is 0 Å². The fourth-order valence-electron chi connectivity index (χ4n) is 2.78. The van der Waals surface area contributed by atoms with Gasteiger partial charge >= 0.3 is 5.97 Å². The van der Waals surface area contributed by atoms with Crippen molar-refractivity contribution in [2.75, 3.05) is 0 Å². The van der Waals surface area contributed by atoms with Gasteiger partial charge in [-0.25, -0.2) is 9.48 Å². The summed E-state index contributed by atoms with van der Waals surface area (Å²) in [7, 11) is 0. The number of carbonyl (C=O) groups excluding carboxylic acids is 1. The maximum absolute atomic E-state index is 12.6. The molecule has 0 unspecified atom stereocenters. The monoisotopic (exact) mass is 450 g/mol. The summed E-state index contributed by atoms with van der Waals surface area (Å²) < 4.78 is 7.23. The van der Waals surface area contributed by atoms with Gasteiger partial charge in [0.1, 0.15) is 16.3 Å². The molecule has 2 aromatic carbocycles. The van der Waals surface area contributed by atoms with E-state index in [0.29, 0.717) is 25.5 Å². The Hall–Kier alpha value is -2.05. The third-order valence-electron chi connectivity index (χ3n) is 4.23. The molecular weight excluding hydrogens is 439 g/mol. The molecule has 0 N–H and O–H groups in total. The van der Waals surface area contributed by atoms with Gasteiger partial charge in [-0.15, -0.1) is 11.3 Å². The minimum absolute atomic E-state index is 0.00781. The predicted octanol–water partition coefficient (Wildman–Crippen LogP) is 6.71. The third-order valence-corrected chi connectivity index (χ3v) is 6.28. The van der Waals surface area contributed by atoms with E-state index in [1.54, 1.807) is 41.1 Å². The summed E-state index contributed by atoms with van der Waals surface area (Å²) in [6, 6.07) is 14.3. The Morgan fingerprint density at radius 3 is 2.46 bits per heavy atom. The van der Waals surface area contributed by atoms with Crippen molar-refractivity contribution in [2.24, 2.45) is 0 Å². The maximum atomic E-state index is 12.6. The molecule has 0 aliphatic heterocycles. The number of fused-ring (bicyclic) bond motifs is 1. The van der Waals surface area contributed by atoms with E-state index in [0.717, 1.165) is 21.6 Å². The fraction of sp³-hybridized carbons (Fsp3) is 0.100. The molecule has 8 heteroatoms. The molecule has 0 bridgehead atoms. The van der Waals surface area contributed by atoms with Crippen LogP contribution in [0.2, 0.25) is 15.1 Å². The van der Waals surface area contributed by atoms with Crippen LogP contribution in [0.25, 0.3) is 15.9 Å². The van der Waals surface area contributed by atoms with Crippen molar-refractivity contribution in [3.8, 4) is 5.69 Å². The molecule has 142 valence electrons. The van der Waals surface area contributed by atoms with Crippen LogP contribution in [0.3, 0.4) is 0 Å². The van der Waals surface area contributed by atoms with Gasteiger partial charge in [0.15, 0.2) is 0 Å². The zero-order chi connectivity index (χ0) is 19.8. The van der Waals surface area contributed by atoms with Gasteiger partial charge in [-0.2, -0.15) is 5.10 Å². The second-order valence-corrected chi connectivity index (χ2v) is 8.36. The SMILES string of the molecule is Cc1nn(-c2ccc(Cl)cc2)c2sc(C(=O)OCc3c(Cl)cccc3Cl)cc12. The first-order chi connectivity index (χ1) is 13.4. The van der Waals surface area contributed by atoms with Gasteiger partial charge in [-0.1, -0.05) is 40.9 Å². The highest BCUT2D eigenvalue weighted by Gasteiger charge is 2.19. The number of hydrogen-bond acceptors (Lipinski definition) is 4. The molecule has 4 rings (SSSR count). The minimum Gasteiger partial charge on any atom is -0.457 e. The van der Waals surface area contributed by atoms with Gasteiger partial charge in [0.2, 0.25) is 0 Å². The maximum Gasteiger partial charge on any atom is 0.348 e. The largest absolute Gasteiger partial charge is 0.457 e. The van der Waals surface area contributed by atoms with E-state index in [1.807, 2.05) is 19.1 Å². The lowest BCUT2D eigenvalue weighted by atomic mass is 10.2. The van der Waals surface area contributed by atoms with E-state index in [9.17, 15) is 4.79 Å². The van der Waals surface area contributed by atoms with Crippen LogP contribution in [0.4, 0.5) is 0 Å². The number of esters is 1. The summed E-state index contributed by atoms with van der Waals surface area (Å²) >= 11 is 19.6. The lowest BCUT2D eigenvalue weighted by molar-refractivity contribution is 0.0479. The first kappa shape index (κ1) is 19.3. The van der Waals surface area contributed by atoms with Gasteiger partial charge in [-0.3, -0.25) is 0 Å². The Morgan fingerprint density at radius 2 is 1.79 bits per heavy atom. The quantitative estimate of drug-likeness (QED) is 0.324. The predicted molar refractivity (Wildman–Crippen MR) is 114 cm³/mol. The van der Waals surface area contributed by atoms with Gasteiger partial charge in [0.25, 0.3) is 0 Å². The normalized spacial score (nSPS) is 11.1. The van der Waals surface area contributed by atoms with Crippen molar-refractivity contribution in [1.82, 2.24) is 9.78 Å². The molecule has 0 fully saturated rings. The molecule has 4 aromatic rings. The molecule has 0 saturated heterocycles. The number of carbonyl (C=O) groups is 1. The molecule has 0 amide bonds. The molecule has 0 atom stereocenters. The lowest BCUT2D eigenvalue weighted by Crippen LogP contribution is -2.04. The van der Waals surface area contributed by atoms with Crippen LogP contribution in [0, 0.1) is 6.92 Å². The Labute approximate surface area is 180 Å². The number of rotatable bonds is 4. The molecule has 28 heavy (non-hydrogen) atoms. The van der Waals surface area contributed by atoms with Crippen molar-refractivity contribution in [3.05, 3.63) is 79.7 Å². The second kappa shape index (κ2) is 7.76. The Balaban J connectivity index is 1.62. The molecule has 0 saturated carbocycles. The van der Waals surface area contributed by atoms with E-state index in [-0.39, 0.29) is 6.61 Å². The van der Waals surface area contributed by atoms with Crippen molar-refractivity contribution >= 4 is 62.3 Å². The van der Waals surface area contributed by atoms with Gasteiger partial charge in [0.05, 0.1) is 11.4 Å². The number of ether oxygens (including phenoxy) is 1. The molecule has 0 aliphatic carbocycles. The van der Waals surface area contributed by atoms with Crippen molar-refractivity contribution in [1.29, 1.82) is 0 Å². The van der Waals surface area contributed by atoms with E-state index < -0.39 is 5.97 Å². The second-order valence-electron chi connectivity index (χ2n) is 6.08. The number of aromatic nitrogens is 2. The highest BCUT2D eigenvalue weighted by Crippen LogP contribution is 2.32. The van der Waals surface area contributed by atoms with Crippen LogP contribution in [0.1, 0.15) is 20.9 Å². The molecule has 0 spiro atoms. The highest BCUT2D eigenvalue weighted by atomic mass is 35.5. The van der Waals surface area contributed by atoms with E-state index in [4.69, 9.17) is 39.5 Å². The zero-order valence-corrected chi connectivity index (χ0v) is 17.7. The summed E-state index contributed by atoms with van der Waals surface area (Å²) in [4.78, 5) is 13.9. The molecule has 4 nitrogen and oxygen atoms in total. The van der Waals surface area contributed by atoms with Crippen LogP contribution in [-0.4, -0.2) is 15.7 Å². The van der Waals surface area contributed by atoms with Crippen LogP contribution in [-0.2, 0) is 11.3 Å². The summed E-state index contributed by atoms with van der Waals surface area (Å²) in [6.45, 7) is 1.91. The Kier molecular flexibility index (Phi) is 5.34. The topological polar surface area (TPSA) is 44.1 Å². The van der Waals surface area contributed by atoms with E-state index in [2.05, 4.69) is 5.10 Å². The summed E-state index contributed by atoms with van der Waals surface area (Å²) in [5.41, 5.74) is 2.28. The van der Waals surface area contributed by atoms with Crippen LogP contribution in [0.15, 0.2) is 48.5 Å². The Morgan fingerprint density at radius 1 is 1.11 bits per heavy atom. The minimum atomic E-state index is -0.431. The molecule has 0 radical (unpaired) electrons. The summed E-state index contributed by atoms with van der Waals surface area (Å²) in [5, 5.41) is 7.05. The Bertz CT molecular complexity index is 1160.